The zero-order valence-corrected chi connectivity index (χ0v) is 12.0. The Kier molecular flexibility index (Phi) is 5.99. The minimum atomic E-state index is -0.363. The number of furan rings is 1. The van der Waals surface area contributed by atoms with E-state index in [9.17, 15) is 9.59 Å². The van der Waals surface area contributed by atoms with E-state index in [-0.39, 0.29) is 37.2 Å². The van der Waals surface area contributed by atoms with E-state index in [2.05, 4.69) is 5.32 Å². The fourth-order valence-corrected chi connectivity index (χ4v) is 1.73. The van der Waals surface area contributed by atoms with Crippen LogP contribution in [0.15, 0.2) is 59.2 Å². The third-order valence-corrected chi connectivity index (χ3v) is 2.81. The Morgan fingerprint density at radius 1 is 1.14 bits per heavy atom. The molecule has 0 radical (unpaired) electrons. The maximum Gasteiger partial charge on any atom is 0.307 e. The van der Waals surface area contributed by atoms with Crippen molar-refractivity contribution in [2.75, 3.05) is 13.2 Å². The fraction of sp³-hybridized carbons (Fsp3) is 0.176. The van der Waals surface area contributed by atoms with E-state index in [0.717, 1.165) is 5.56 Å². The van der Waals surface area contributed by atoms with Gasteiger partial charge >= 0.3 is 5.97 Å². The number of esters is 1. The predicted octanol–water partition coefficient (Wildman–Crippen LogP) is 2.66. The molecule has 1 aromatic carbocycles. The van der Waals surface area contributed by atoms with Gasteiger partial charge in [-0.3, -0.25) is 9.59 Å². The minimum Gasteiger partial charge on any atom is -0.461 e. The van der Waals surface area contributed by atoms with Crippen molar-refractivity contribution in [2.24, 2.45) is 0 Å². The average Bonchev–Trinajstić information content (AvgIpc) is 3.07. The Hall–Kier alpha value is -2.82. The van der Waals surface area contributed by atoms with Crippen LogP contribution in [0.5, 0.6) is 0 Å². The molecule has 0 spiro atoms. The van der Waals surface area contributed by atoms with Crippen LogP contribution in [0.4, 0.5) is 0 Å². The molecule has 5 nitrogen and oxygen atoms in total. The first-order chi connectivity index (χ1) is 10.8. The quantitative estimate of drug-likeness (QED) is 0.798. The molecule has 0 aliphatic rings. The zero-order chi connectivity index (χ0) is 15.6. The topological polar surface area (TPSA) is 68.5 Å². The second-order valence-electron chi connectivity index (χ2n) is 4.48. The highest BCUT2D eigenvalue weighted by atomic mass is 16.5. The van der Waals surface area contributed by atoms with Crippen LogP contribution in [0.1, 0.15) is 22.5 Å². The van der Waals surface area contributed by atoms with E-state index in [4.69, 9.17) is 9.15 Å². The Labute approximate surface area is 128 Å². The van der Waals surface area contributed by atoms with Crippen LogP contribution < -0.4 is 5.32 Å². The van der Waals surface area contributed by atoms with Gasteiger partial charge in [0, 0.05) is 6.54 Å². The van der Waals surface area contributed by atoms with Gasteiger partial charge in [0.1, 0.15) is 6.61 Å². The van der Waals surface area contributed by atoms with Gasteiger partial charge in [-0.05, 0) is 23.8 Å². The Morgan fingerprint density at radius 2 is 1.95 bits per heavy atom. The average molecular weight is 299 g/mol. The number of hydrogen-bond donors (Lipinski definition) is 1. The number of ether oxygens (including phenoxy) is 1. The second-order valence-corrected chi connectivity index (χ2v) is 4.48. The van der Waals surface area contributed by atoms with E-state index in [1.807, 2.05) is 36.4 Å². The molecule has 114 valence electrons. The predicted molar refractivity (Wildman–Crippen MR) is 82.1 cm³/mol. The van der Waals surface area contributed by atoms with Gasteiger partial charge in [0.25, 0.3) is 5.91 Å². The van der Waals surface area contributed by atoms with Crippen molar-refractivity contribution in [1.29, 1.82) is 0 Å². The molecule has 0 aliphatic heterocycles. The van der Waals surface area contributed by atoms with Gasteiger partial charge in [-0.15, -0.1) is 0 Å². The number of carbonyl (C=O) groups excluding carboxylic acids is 2. The molecule has 5 heteroatoms. The molecule has 0 aliphatic carbocycles. The van der Waals surface area contributed by atoms with Crippen LogP contribution in [-0.2, 0) is 9.53 Å². The third kappa shape index (κ3) is 5.28. The highest BCUT2D eigenvalue weighted by molar-refractivity contribution is 5.91. The molecule has 0 atom stereocenters. The maximum absolute atomic E-state index is 11.5. The molecule has 1 amide bonds. The molecule has 22 heavy (non-hydrogen) atoms. The lowest BCUT2D eigenvalue weighted by Gasteiger charge is -2.03. The molecular formula is C17H17NO4. The largest absolute Gasteiger partial charge is 0.461 e. The lowest BCUT2D eigenvalue weighted by atomic mass is 10.2. The van der Waals surface area contributed by atoms with Crippen molar-refractivity contribution < 1.29 is 18.7 Å². The standard InChI is InChI=1S/C17H17NO4/c19-16(10-11-18-17(20)15-9-5-12-21-15)22-13-4-8-14-6-2-1-3-7-14/h1-9,12H,10-11,13H2,(H,18,20)/b8-4+. The first-order valence-electron chi connectivity index (χ1n) is 6.94. The van der Waals surface area contributed by atoms with Gasteiger partial charge in [0.05, 0.1) is 12.7 Å². The first kappa shape index (κ1) is 15.6. The van der Waals surface area contributed by atoms with Crippen molar-refractivity contribution in [3.05, 3.63) is 66.1 Å². The molecule has 0 saturated heterocycles. The van der Waals surface area contributed by atoms with Gasteiger partial charge in [-0.2, -0.15) is 0 Å². The van der Waals surface area contributed by atoms with E-state index in [1.54, 1.807) is 18.2 Å². The summed E-state index contributed by atoms with van der Waals surface area (Å²) < 4.78 is 9.97. The van der Waals surface area contributed by atoms with Crippen LogP contribution >= 0.6 is 0 Å². The highest BCUT2D eigenvalue weighted by Gasteiger charge is 2.08. The summed E-state index contributed by atoms with van der Waals surface area (Å²) in [5.41, 5.74) is 1.05. The van der Waals surface area contributed by atoms with Gasteiger partial charge < -0.3 is 14.5 Å². The summed E-state index contributed by atoms with van der Waals surface area (Å²) in [4.78, 5) is 23.0. The molecule has 0 bridgehead atoms. The number of amides is 1. The Morgan fingerprint density at radius 3 is 2.68 bits per heavy atom. The second kappa shape index (κ2) is 8.46. The molecule has 0 fully saturated rings. The van der Waals surface area contributed by atoms with E-state index < -0.39 is 0 Å². The van der Waals surface area contributed by atoms with Crippen molar-refractivity contribution >= 4 is 18.0 Å². The van der Waals surface area contributed by atoms with Gasteiger partial charge in [0.2, 0.25) is 0 Å². The minimum absolute atomic E-state index is 0.117. The SMILES string of the molecule is O=C(CCNC(=O)c1ccco1)OC/C=C/c1ccccc1. The lowest BCUT2D eigenvalue weighted by Crippen LogP contribution is -2.26. The first-order valence-corrected chi connectivity index (χ1v) is 6.94. The summed E-state index contributed by atoms with van der Waals surface area (Å²) in [6.45, 7) is 0.417. The van der Waals surface area contributed by atoms with Gasteiger partial charge in [0.15, 0.2) is 5.76 Å². The molecule has 1 aromatic heterocycles. The summed E-state index contributed by atoms with van der Waals surface area (Å²) in [5, 5.41) is 2.58. The molecular weight excluding hydrogens is 282 g/mol. The summed E-state index contributed by atoms with van der Waals surface area (Å²) >= 11 is 0. The highest BCUT2D eigenvalue weighted by Crippen LogP contribution is 2.01. The number of carbonyl (C=O) groups is 2. The molecule has 0 saturated carbocycles. The fourth-order valence-electron chi connectivity index (χ4n) is 1.73. The van der Waals surface area contributed by atoms with Crippen molar-refractivity contribution in [3.8, 4) is 0 Å². The van der Waals surface area contributed by atoms with E-state index in [1.165, 1.54) is 6.26 Å². The number of rotatable bonds is 7. The van der Waals surface area contributed by atoms with Crippen LogP contribution in [-0.4, -0.2) is 25.0 Å². The number of benzene rings is 1. The van der Waals surface area contributed by atoms with Crippen LogP contribution in [0, 0.1) is 0 Å². The Bertz CT molecular complexity index is 617. The number of nitrogens with one attached hydrogen (secondary N) is 1. The zero-order valence-electron chi connectivity index (χ0n) is 12.0. The molecule has 2 aromatic rings. The summed E-state index contributed by atoms with van der Waals surface area (Å²) in [5.74, 6) is -0.488. The lowest BCUT2D eigenvalue weighted by molar-refractivity contribution is -0.142. The third-order valence-electron chi connectivity index (χ3n) is 2.81. The van der Waals surface area contributed by atoms with Gasteiger partial charge in [-0.25, -0.2) is 0 Å². The maximum atomic E-state index is 11.5. The van der Waals surface area contributed by atoms with Crippen molar-refractivity contribution in [3.63, 3.8) is 0 Å². The molecule has 0 unspecified atom stereocenters. The number of hydrogen-bond acceptors (Lipinski definition) is 4. The van der Waals surface area contributed by atoms with E-state index in [0.29, 0.717) is 0 Å². The van der Waals surface area contributed by atoms with Crippen molar-refractivity contribution in [2.45, 2.75) is 6.42 Å². The molecule has 1 N–H and O–H groups in total. The monoisotopic (exact) mass is 299 g/mol. The van der Waals surface area contributed by atoms with E-state index >= 15 is 0 Å². The Balaban J connectivity index is 1.60. The summed E-state index contributed by atoms with van der Waals surface area (Å²) in [6.07, 6.45) is 5.19. The van der Waals surface area contributed by atoms with Gasteiger partial charge in [-0.1, -0.05) is 36.4 Å². The molecule has 2 rings (SSSR count). The normalized spacial score (nSPS) is 10.5. The van der Waals surface area contributed by atoms with Crippen LogP contribution in [0.2, 0.25) is 0 Å². The summed E-state index contributed by atoms with van der Waals surface area (Å²) in [7, 11) is 0. The smallest absolute Gasteiger partial charge is 0.307 e. The van der Waals surface area contributed by atoms with Crippen LogP contribution in [0.3, 0.4) is 0 Å². The molecule has 1 heterocycles. The van der Waals surface area contributed by atoms with Crippen molar-refractivity contribution in [1.82, 2.24) is 5.32 Å². The van der Waals surface area contributed by atoms with Crippen LogP contribution in [0.25, 0.3) is 6.08 Å². The summed E-state index contributed by atoms with van der Waals surface area (Å²) in [6, 6.07) is 12.9.